The monoisotopic (exact) mass is 226 g/mol. The Bertz CT molecular complexity index is 330. The number of aldehydes is 1. The molecule has 1 aromatic heterocycles. The van der Waals surface area contributed by atoms with Gasteiger partial charge in [0.05, 0.1) is 14.4 Å². The number of hydrogen-bond donors (Lipinski definition) is 0. The summed E-state index contributed by atoms with van der Waals surface area (Å²) in [5, 5.41) is 0. The molecule has 1 rings (SSSR count). The lowest BCUT2D eigenvalue weighted by atomic mass is 10.5. The maximum Gasteiger partial charge on any atom is 0.169 e. The van der Waals surface area contributed by atoms with E-state index in [9.17, 15) is 4.79 Å². The van der Waals surface area contributed by atoms with Crippen LogP contribution in [0, 0.1) is 0 Å². The first-order valence-corrected chi connectivity index (χ1v) is 8.60. The minimum Gasteiger partial charge on any atom is -0.361 e. The van der Waals surface area contributed by atoms with Crippen LogP contribution in [0.15, 0.2) is 12.5 Å². The van der Waals surface area contributed by atoms with Crippen LogP contribution >= 0.6 is 0 Å². The molecule has 0 aliphatic carbocycles. The minimum absolute atomic E-state index is 0.291. The molecule has 1 unspecified atom stereocenters. The van der Waals surface area contributed by atoms with Crippen LogP contribution < -0.4 is 0 Å². The van der Waals surface area contributed by atoms with Gasteiger partial charge in [0.15, 0.2) is 6.29 Å². The van der Waals surface area contributed by atoms with Crippen molar-refractivity contribution in [2.75, 3.05) is 0 Å². The number of carbonyl (C=O) groups excluding carboxylic acids is 1. The third kappa shape index (κ3) is 3.60. The van der Waals surface area contributed by atoms with Crippen molar-refractivity contribution in [3.05, 3.63) is 18.2 Å². The first-order valence-electron chi connectivity index (χ1n) is 5.02. The second kappa shape index (κ2) is 4.72. The molecule has 1 heterocycles. The van der Waals surface area contributed by atoms with Gasteiger partial charge in [-0.05, 0) is 6.92 Å². The third-order valence-corrected chi connectivity index (χ3v) is 5.07. The molecule has 0 bridgehead atoms. The zero-order valence-electron chi connectivity index (χ0n) is 9.73. The first-order chi connectivity index (χ1) is 6.93. The highest BCUT2D eigenvalue weighted by molar-refractivity contribution is 6.77. The molecule has 4 nitrogen and oxygen atoms in total. The molecule has 1 aromatic rings. The maximum atomic E-state index is 10.4. The van der Waals surface area contributed by atoms with Gasteiger partial charge in [-0.2, -0.15) is 0 Å². The highest BCUT2D eigenvalue weighted by Crippen LogP contribution is 2.11. The number of carbonyl (C=O) groups is 1. The van der Waals surface area contributed by atoms with E-state index in [1.54, 1.807) is 17.1 Å². The van der Waals surface area contributed by atoms with Crippen LogP contribution in [0.5, 0.6) is 0 Å². The van der Waals surface area contributed by atoms with E-state index in [1.807, 2.05) is 0 Å². The lowest BCUT2D eigenvalue weighted by Gasteiger charge is -2.25. The van der Waals surface area contributed by atoms with Crippen LogP contribution in [0.3, 0.4) is 0 Å². The van der Waals surface area contributed by atoms with Gasteiger partial charge in [-0.25, -0.2) is 4.98 Å². The van der Waals surface area contributed by atoms with Gasteiger partial charge in [-0.1, -0.05) is 19.6 Å². The van der Waals surface area contributed by atoms with E-state index in [1.165, 1.54) is 0 Å². The number of ether oxygens (including phenoxy) is 1. The smallest absolute Gasteiger partial charge is 0.169 e. The van der Waals surface area contributed by atoms with Gasteiger partial charge in [0.25, 0.3) is 0 Å². The molecular formula is C10H18N2O2Si. The molecule has 1 atom stereocenters. The van der Waals surface area contributed by atoms with E-state index in [2.05, 4.69) is 31.5 Å². The molecule has 15 heavy (non-hydrogen) atoms. The molecule has 0 aliphatic rings. The fourth-order valence-corrected chi connectivity index (χ4v) is 1.53. The molecule has 0 saturated carbocycles. The van der Waals surface area contributed by atoms with E-state index in [0.717, 1.165) is 6.29 Å². The zero-order chi connectivity index (χ0) is 11.5. The fourth-order valence-electron chi connectivity index (χ4n) is 0.957. The lowest BCUT2D eigenvalue weighted by molar-refractivity contribution is 0.0565. The van der Waals surface area contributed by atoms with E-state index < -0.39 is 8.07 Å². The third-order valence-electron chi connectivity index (χ3n) is 2.47. The Labute approximate surface area is 91.3 Å². The lowest BCUT2D eigenvalue weighted by Crippen LogP contribution is -2.38. The Morgan fingerprint density at radius 1 is 1.60 bits per heavy atom. The van der Waals surface area contributed by atoms with Crippen LogP contribution in [-0.2, 0) is 11.5 Å². The molecule has 0 radical (unpaired) electrons. The molecule has 0 aliphatic heterocycles. The predicted molar refractivity (Wildman–Crippen MR) is 61.5 cm³/mol. The quantitative estimate of drug-likeness (QED) is 0.569. The van der Waals surface area contributed by atoms with Crippen molar-refractivity contribution in [2.45, 2.75) is 39.0 Å². The van der Waals surface area contributed by atoms with Crippen molar-refractivity contribution in [2.24, 2.45) is 0 Å². The Balaban J connectivity index is 2.47. The van der Waals surface area contributed by atoms with E-state index in [4.69, 9.17) is 4.74 Å². The van der Waals surface area contributed by atoms with Crippen molar-refractivity contribution in [1.29, 1.82) is 0 Å². The van der Waals surface area contributed by atoms with Gasteiger partial charge < -0.3 is 9.30 Å². The first kappa shape index (κ1) is 12.1. The van der Waals surface area contributed by atoms with Gasteiger partial charge in [-0.15, -0.1) is 0 Å². The second-order valence-electron chi connectivity index (χ2n) is 4.73. The van der Waals surface area contributed by atoms with Crippen molar-refractivity contribution < 1.29 is 9.53 Å². The van der Waals surface area contributed by atoms with Gasteiger partial charge >= 0.3 is 0 Å². The highest BCUT2D eigenvalue weighted by atomic mass is 28.3. The van der Waals surface area contributed by atoms with Gasteiger partial charge in [0.2, 0.25) is 0 Å². The Kier molecular flexibility index (Phi) is 3.81. The second-order valence-corrected chi connectivity index (χ2v) is 10.3. The highest BCUT2D eigenvalue weighted by Gasteiger charge is 2.22. The van der Waals surface area contributed by atoms with E-state index in [0.29, 0.717) is 18.2 Å². The molecule has 0 saturated heterocycles. The summed E-state index contributed by atoms with van der Waals surface area (Å²) in [5.74, 6) is 0. The number of aromatic nitrogens is 2. The summed E-state index contributed by atoms with van der Waals surface area (Å²) in [5.41, 5.74) is 0.735. The predicted octanol–water partition coefficient (Wildman–Crippen LogP) is 1.94. The number of nitrogens with zero attached hydrogens (tertiary/aromatic N) is 2. The van der Waals surface area contributed by atoms with Crippen LogP contribution in [0.1, 0.15) is 17.4 Å². The summed E-state index contributed by atoms with van der Waals surface area (Å²) in [6.07, 6.45) is 4.03. The Hall–Kier alpha value is -0.943. The minimum atomic E-state index is -1.24. The zero-order valence-corrected chi connectivity index (χ0v) is 10.7. The standard InChI is InChI=1S/C10H18N2O2Si/c1-9(15(2,3)4)14-8-12-5-10(6-13)11-7-12/h5-7,9H,8H2,1-4H3. The largest absolute Gasteiger partial charge is 0.361 e. The Morgan fingerprint density at radius 3 is 2.73 bits per heavy atom. The van der Waals surface area contributed by atoms with Crippen molar-refractivity contribution in [3.8, 4) is 0 Å². The normalized spacial score (nSPS) is 13.9. The summed E-state index contributed by atoms with van der Waals surface area (Å²) >= 11 is 0. The van der Waals surface area contributed by atoms with Crippen molar-refractivity contribution >= 4 is 14.4 Å². The van der Waals surface area contributed by atoms with Crippen LogP contribution in [0.4, 0.5) is 0 Å². The molecule has 0 fully saturated rings. The van der Waals surface area contributed by atoms with Gasteiger partial charge in [0.1, 0.15) is 12.4 Å². The van der Waals surface area contributed by atoms with Crippen LogP contribution in [0.25, 0.3) is 0 Å². The number of hydrogen-bond acceptors (Lipinski definition) is 3. The average Bonchev–Trinajstić information content (AvgIpc) is 2.60. The van der Waals surface area contributed by atoms with Gasteiger partial charge in [-0.3, -0.25) is 4.79 Å². The fraction of sp³-hybridized carbons (Fsp3) is 0.600. The summed E-state index contributed by atoms with van der Waals surface area (Å²) in [7, 11) is -1.24. The van der Waals surface area contributed by atoms with Crippen LogP contribution in [-0.4, -0.2) is 29.6 Å². The summed E-state index contributed by atoms with van der Waals surface area (Å²) in [4.78, 5) is 14.3. The molecule has 0 N–H and O–H groups in total. The molecule has 0 spiro atoms. The molecule has 5 heteroatoms. The summed E-state index contributed by atoms with van der Waals surface area (Å²) < 4.78 is 7.50. The van der Waals surface area contributed by atoms with E-state index in [-0.39, 0.29) is 0 Å². The average molecular weight is 226 g/mol. The van der Waals surface area contributed by atoms with Crippen molar-refractivity contribution in [3.63, 3.8) is 0 Å². The molecule has 0 aromatic carbocycles. The topological polar surface area (TPSA) is 44.1 Å². The molecular weight excluding hydrogens is 208 g/mol. The summed E-state index contributed by atoms with van der Waals surface area (Å²) in [6.45, 7) is 9.36. The van der Waals surface area contributed by atoms with E-state index >= 15 is 0 Å². The molecule has 84 valence electrons. The SMILES string of the molecule is CC(OCn1cnc(C=O)c1)[Si](C)(C)C. The molecule has 0 amide bonds. The van der Waals surface area contributed by atoms with Crippen molar-refractivity contribution in [1.82, 2.24) is 9.55 Å². The number of imidazole rings is 1. The Morgan fingerprint density at radius 2 is 2.27 bits per heavy atom. The van der Waals surface area contributed by atoms with Gasteiger partial charge in [0, 0.05) is 11.9 Å². The maximum absolute atomic E-state index is 10.4. The number of rotatable bonds is 5. The summed E-state index contributed by atoms with van der Waals surface area (Å²) in [6, 6.07) is 0. The van der Waals surface area contributed by atoms with Crippen LogP contribution in [0.2, 0.25) is 19.6 Å².